The molecule has 0 aliphatic heterocycles. The average Bonchev–Trinajstić information content (AvgIpc) is 3.24. The fourth-order valence-corrected chi connectivity index (χ4v) is 5.09. The second kappa shape index (κ2) is 11.2. The van der Waals surface area contributed by atoms with Crippen LogP contribution in [-0.2, 0) is 20.7 Å². The minimum Gasteiger partial charge on any atom is -1.00 e. The Bertz CT molecular complexity index is 1220. The Morgan fingerprint density at radius 1 is 0.667 bits per heavy atom. The number of hydrogen-bond donors (Lipinski definition) is 0. The summed E-state index contributed by atoms with van der Waals surface area (Å²) in [7, 11) is 0. The van der Waals surface area contributed by atoms with Crippen molar-refractivity contribution in [3.05, 3.63) is 137 Å². The van der Waals surface area contributed by atoms with Crippen LogP contribution in [0.5, 0.6) is 0 Å². The molecule has 0 aromatic heterocycles. The van der Waals surface area contributed by atoms with Crippen LogP contribution < -0.4 is 28.2 Å². The van der Waals surface area contributed by atoms with Crippen LogP contribution in [0.25, 0.3) is 11.6 Å². The van der Waals surface area contributed by atoms with Gasteiger partial charge in [-0.3, -0.25) is 0 Å². The van der Waals surface area contributed by atoms with Crippen LogP contribution in [0.4, 0.5) is 5.69 Å². The Hall–Kier alpha value is -2.29. The third-order valence-corrected chi connectivity index (χ3v) is 7.22. The Morgan fingerprint density at radius 3 is 1.91 bits per heavy atom. The molecule has 2 unspecified atom stereocenters. The summed E-state index contributed by atoms with van der Waals surface area (Å²) in [6.45, 7) is 2.30. The van der Waals surface area contributed by atoms with E-state index in [1.54, 1.807) is 0 Å². The van der Waals surface area contributed by atoms with Gasteiger partial charge in [-0.2, -0.15) is 0 Å². The Kier molecular flexibility index (Phi) is 8.62. The first-order valence-electron chi connectivity index (χ1n) is 10.7. The second-order valence-electron chi connectivity index (χ2n) is 8.04. The summed E-state index contributed by atoms with van der Waals surface area (Å²) in [6, 6.07) is 39.5. The first-order chi connectivity index (χ1) is 15.2. The molecule has 0 saturated carbocycles. The fourth-order valence-electron chi connectivity index (χ4n) is 4.64. The predicted octanol–water partition coefficient (Wildman–Crippen LogP) is 1.41. The van der Waals surface area contributed by atoms with Gasteiger partial charge in [-0.15, -0.1) is 0 Å². The molecule has 2 atom stereocenters. The van der Waals surface area contributed by atoms with Crippen LogP contribution in [-0.4, -0.2) is 0 Å². The van der Waals surface area contributed by atoms with Gasteiger partial charge in [0.2, 0.25) is 0 Å². The van der Waals surface area contributed by atoms with Crippen molar-refractivity contribution in [2.45, 2.75) is 18.9 Å². The second-order valence-corrected chi connectivity index (χ2v) is 8.79. The van der Waals surface area contributed by atoms with Crippen molar-refractivity contribution in [1.29, 1.82) is 0 Å². The van der Waals surface area contributed by atoms with Gasteiger partial charge in [0.25, 0.3) is 0 Å². The quantitative estimate of drug-likeness (QED) is 0.371. The number of hydrogen-bond acceptors (Lipinski definition) is 1. The molecule has 0 spiro atoms. The molecule has 0 radical (unpaired) electrons. The summed E-state index contributed by atoms with van der Waals surface area (Å²) >= 11 is 2.19. The van der Waals surface area contributed by atoms with Crippen molar-refractivity contribution in [2.24, 2.45) is 0 Å². The van der Waals surface area contributed by atoms with E-state index in [1.165, 1.54) is 39.1 Å². The number of benzene rings is 4. The average molecular weight is 505 g/mol. The molecule has 0 amide bonds. The Balaban J connectivity index is 0.00000153. The number of fused-ring (bicyclic) bond motifs is 1. The van der Waals surface area contributed by atoms with E-state index in [0.29, 0.717) is 0 Å². The van der Waals surface area contributed by atoms with E-state index in [0.717, 1.165) is 0 Å². The van der Waals surface area contributed by atoms with Gasteiger partial charge in [0.15, 0.2) is 0 Å². The number of rotatable bonds is 5. The molecule has 1 aliphatic carbocycles. The van der Waals surface area contributed by atoms with Gasteiger partial charge >= 0.3 is 197 Å². The first-order valence-corrected chi connectivity index (χ1v) is 11.4. The summed E-state index contributed by atoms with van der Waals surface area (Å²) in [4.78, 5) is 0. The topological polar surface area (TPSA) is 3.24 Å². The molecule has 0 saturated heterocycles. The third kappa shape index (κ3) is 4.98. The van der Waals surface area contributed by atoms with Gasteiger partial charge in [-0.05, 0) is 0 Å². The van der Waals surface area contributed by atoms with E-state index >= 15 is 0 Å². The molecule has 0 fully saturated rings. The predicted molar refractivity (Wildman–Crippen MR) is 126 cm³/mol. The van der Waals surface area contributed by atoms with Crippen LogP contribution >= 0.6 is 0 Å². The smallest absolute Gasteiger partial charge is 1.00 e. The molecule has 4 aromatic rings. The molecule has 33 heavy (non-hydrogen) atoms. The van der Waals surface area contributed by atoms with Crippen molar-refractivity contribution in [3.8, 4) is 0 Å². The Morgan fingerprint density at radius 2 is 1.21 bits per heavy atom. The van der Waals surface area contributed by atoms with Crippen molar-refractivity contribution in [3.63, 3.8) is 0 Å². The summed E-state index contributed by atoms with van der Waals surface area (Å²) in [5.74, 6) is 0.237. The van der Waals surface area contributed by atoms with Crippen LogP contribution in [0, 0.1) is 0 Å². The SMILES string of the molecule is CC(c1ccccc1C1C(c2ccccc2)=Cc2ccccc21)[N]([Ti+2])c1ccccc1.[Cl-].[Cl-]. The zero-order valence-corrected chi connectivity index (χ0v) is 21.4. The van der Waals surface area contributed by atoms with Gasteiger partial charge in [-0.25, -0.2) is 0 Å². The maximum atomic E-state index is 2.37. The third-order valence-electron chi connectivity index (χ3n) is 6.21. The maximum Gasteiger partial charge on any atom is -1.00 e. The van der Waals surface area contributed by atoms with Gasteiger partial charge in [-0.1, -0.05) is 0 Å². The molecule has 0 bridgehead atoms. The normalized spacial score (nSPS) is 14.9. The zero-order valence-electron chi connectivity index (χ0n) is 18.3. The summed E-state index contributed by atoms with van der Waals surface area (Å²) in [5.41, 5.74) is 9.38. The largest absolute Gasteiger partial charge is 1.00 e. The minimum absolute atomic E-state index is 0. The van der Waals surface area contributed by atoms with Crippen LogP contribution in [0.2, 0.25) is 0 Å². The van der Waals surface area contributed by atoms with Gasteiger partial charge in [0.1, 0.15) is 0 Å². The molecule has 1 nitrogen and oxygen atoms in total. The molecule has 4 aromatic carbocycles. The van der Waals surface area contributed by atoms with E-state index in [9.17, 15) is 0 Å². The van der Waals surface area contributed by atoms with Crippen molar-refractivity contribution in [2.75, 3.05) is 3.38 Å². The molecule has 0 N–H and O–H groups in total. The summed E-state index contributed by atoms with van der Waals surface area (Å²) in [5, 5.41) is 0. The van der Waals surface area contributed by atoms with Crippen molar-refractivity contribution < 1.29 is 45.5 Å². The fraction of sp³-hybridized carbons (Fsp3) is 0.103. The van der Waals surface area contributed by atoms with Gasteiger partial charge in [0.05, 0.1) is 0 Å². The number of allylic oxidation sites excluding steroid dienone is 1. The van der Waals surface area contributed by atoms with E-state index in [4.69, 9.17) is 0 Å². The van der Waals surface area contributed by atoms with E-state index in [2.05, 4.69) is 146 Å². The number of halogens is 2. The van der Waals surface area contributed by atoms with E-state index < -0.39 is 0 Å². The van der Waals surface area contributed by atoms with Gasteiger partial charge in [0, 0.05) is 0 Å². The molecular formula is C29H24Cl2NTi. The molecule has 163 valence electrons. The summed E-state index contributed by atoms with van der Waals surface area (Å²) in [6.07, 6.45) is 2.37. The number of para-hydroxylation sites is 1. The van der Waals surface area contributed by atoms with Crippen molar-refractivity contribution >= 4 is 17.3 Å². The Labute approximate surface area is 221 Å². The standard InChI is InChI=1S/C29H24N.2ClH.Ti/c1-21(30-24-15-6-3-7-16-24)25-17-10-11-19-27(25)29-26-18-9-8-14-23(26)20-28(29)22-12-4-2-5-13-22;;;/h2-21,29H,1H3;2*1H;/q-1;;;+3/p-2. The number of nitrogens with zero attached hydrogens (tertiary/aromatic N) is 1. The minimum atomic E-state index is 0. The number of anilines is 1. The van der Waals surface area contributed by atoms with E-state index in [1.807, 2.05) is 0 Å². The zero-order chi connectivity index (χ0) is 21.2. The molecule has 4 heteroatoms. The van der Waals surface area contributed by atoms with Crippen molar-refractivity contribution in [1.82, 2.24) is 0 Å². The van der Waals surface area contributed by atoms with Crippen LogP contribution in [0.3, 0.4) is 0 Å². The molecule has 1 aliphatic rings. The maximum absolute atomic E-state index is 2.37. The molecule has 0 heterocycles. The van der Waals surface area contributed by atoms with E-state index in [-0.39, 0.29) is 36.8 Å². The van der Waals surface area contributed by atoms with Crippen LogP contribution in [0.1, 0.15) is 46.7 Å². The first kappa shape index (κ1) is 25.3. The van der Waals surface area contributed by atoms with Gasteiger partial charge < -0.3 is 24.8 Å². The molecular weight excluding hydrogens is 481 g/mol. The monoisotopic (exact) mass is 504 g/mol. The summed E-state index contributed by atoms with van der Waals surface area (Å²) < 4.78 is 2.37. The molecule has 5 rings (SSSR count). The van der Waals surface area contributed by atoms with Crippen LogP contribution in [0.15, 0.2) is 109 Å².